The van der Waals surface area contributed by atoms with Crippen molar-refractivity contribution in [1.29, 1.82) is 0 Å². The van der Waals surface area contributed by atoms with Crippen molar-refractivity contribution in [3.8, 4) is 17.2 Å². The average Bonchev–Trinajstić information content (AvgIpc) is 3.23. The second-order valence-corrected chi connectivity index (χ2v) is 6.62. The first-order chi connectivity index (χ1) is 13.4. The Hall–Kier alpha value is -3.08. The van der Waals surface area contributed by atoms with Gasteiger partial charge in [0.05, 0.1) is 35.5 Å². The SMILES string of the molecule is COC(=O)C1=C(C(=O)OC)C2(c3ccc(OC)c(OC)c3OC)SN1OC2=O. The van der Waals surface area contributed by atoms with E-state index in [1.165, 1.54) is 27.4 Å². The normalized spacial score (nSPS) is 20.0. The molecule has 1 aromatic carbocycles. The van der Waals surface area contributed by atoms with Crippen LogP contribution in [0, 0.1) is 0 Å². The first-order valence-electron chi connectivity index (χ1n) is 7.83. The van der Waals surface area contributed by atoms with Gasteiger partial charge in [0.1, 0.15) is 5.57 Å². The molecule has 2 heterocycles. The van der Waals surface area contributed by atoms with Gasteiger partial charge in [-0.25, -0.2) is 14.4 Å². The third kappa shape index (κ3) is 2.46. The minimum Gasteiger partial charge on any atom is -0.493 e. The van der Waals surface area contributed by atoms with Gasteiger partial charge >= 0.3 is 17.9 Å². The number of hydrogen-bond acceptors (Lipinski definition) is 11. The summed E-state index contributed by atoms with van der Waals surface area (Å²) in [6.07, 6.45) is 0. The van der Waals surface area contributed by atoms with E-state index in [4.69, 9.17) is 28.5 Å². The van der Waals surface area contributed by atoms with Crippen molar-refractivity contribution in [3.63, 3.8) is 0 Å². The van der Waals surface area contributed by atoms with Crippen LogP contribution in [0.3, 0.4) is 0 Å². The van der Waals surface area contributed by atoms with E-state index in [9.17, 15) is 14.4 Å². The largest absolute Gasteiger partial charge is 0.493 e. The van der Waals surface area contributed by atoms with Crippen LogP contribution in [0.4, 0.5) is 0 Å². The Kier molecular flexibility index (Phi) is 5.02. The molecule has 0 spiro atoms. The molecule has 1 fully saturated rings. The zero-order valence-corrected chi connectivity index (χ0v) is 16.5. The van der Waals surface area contributed by atoms with Crippen molar-refractivity contribution in [2.75, 3.05) is 35.5 Å². The second-order valence-electron chi connectivity index (χ2n) is 5.50. The lowest BCUT2D eigenvalue weighted by molar-refractivity contribution is -0.167. The Labute approximate surface area is 164 Å². The summed E-state index contributed by atoms with van der Waals surface area (Å²) in [6, 6.07) is 3.08. The molecule has 0 N–H and O–H groups in total. The van der Waals surface area contributed by atoms with Crippen molar-refractivity contribution in [2.24, 2.45) is 0 Å². The zero-order valence-electron chi connectivity index (χ0n) is 15.7. The maximum atomic E-state index is 12.9. The van der Waals surface area contributed by atoms with Crippen molar-refractivity contribution in [2.45, 2.75) is 4.75 Å². The molecule has 150 valence electrons. The maximum absolute atomic E-state index is 12.9. The van der Waals surface area contributed by atoms with Gasteiger partial charge in [-0.3, -0.25) is 0 Å². The molecule has 0 aromatic heterocycles. The molecular weight excluding hydrogens is 394 g/mol. The number of fused-ring (bicyclic) bond motifs is 2. The lowest BCUT2D eigenvalue weighted by Crippen LogP contribution is -2.39. The fourth-order valence-corrected chi connectivity index (χ4v) is 4.36. The van der Waals surface area contributed by atoms with Crippen LogP contribution in [0.1, 0.15) is 5.56 Å². The molecule has 1 unspecified atom stereocenters. The predicted molar refractivity (Wildman–Crippen MR) is 94.4 cm³/mol. The van der Waals surface area contributed by atoms with Crippen LogP contribution in [-0.2, 0) is 33.4 Å². The third-order valence-corrected chi connectivity index (χ3v) is 5.58. The van der Waals surface area contributed by atoms with Gasteiger partial charge in [0, 0.05) is 17.5 Å². The molecule has 0 aliphatic carbocycles. The van der Waals surface area contributed by atoms with Crippen LogP contribution >= 0.6 is 11.9 Å². The summed E-state index contributed by atoms with van der Waals surface area (Å²) in [6.45, 7) is 0. The molecular formula is C17H17NO9S. The number of rotatable bonds is 6. The highest BCUT2D eigenvalue weighted by atomic mass is 32.2. The highest BCUT2D eigenvalue weighted by Gasteiger charge is 2.67. The van der Waals surface area contributed by atoms with Gasteiger partial charge in [0.2, 0.25) is 10.5 Å². The minimum absolute atomic E-state index is 0.140. The first kappa shape index (κ1) is 19.7. The number of hydroxylamine groups is 1. The summed E-state index contributed by atoms with van der Waals surface area (Å²) in [5.41, 5.74) is -0.242. The number of esters is 2. The van der Waals surface area contributed by atoms with Crippen LogP contribution in [0.25, 0.3) is 0 Å². The van der Waals surface area contributed by atoms with Gasteiger partial charge in [-0.2, -0.15) is 0 Å². The molecule has 10 nitrogen and oxygen atoms in total. The van der Waals surface area contributed by atoms with Crippen molar-refractivity contribution in [3.05, 3.63) is 29.0 Å². The van der Waals surface area contributed by atoms with Crippen molar-refractivity contribution >= 4 is 29.9 Å². The van der Waals surface area contributed by atoms with E-state index < -0.39 is 22.7 Å². The fraction of sp³-hybridized carbons (Fsp3) is 0.353. The Balaban J connectivity index is 2.36. The summed E-state index contributed by atoms with van der Waals surface area (Å²) in [4.78, 5) is 42.9. The monoisotopic (exact) mass is 411 g/mol. The number of benzene rings is 1. The standard InChI is InChI=1S/C17H17NO9S/c1-22-9-7-6-8(12(23-2)13(9)24-3)17-10(14(19)25-4)11(15(20)26-5)18(28-17)27-16(17)21/h6-7H,1-5H3. The summed E-state index contributed by atoms with van der Waals surface area (Å²) in [7, 11) is 6.51. The molecule has 3 rings (SSSR count). The highest BCUT2D eigenvalue weighted by Crippen LogP contribution is 2.62. The summed E-state index contributed by atoms with van der Waals surface area (Å²) in [5, 5.41) is 0. The maximum Gasteiger partial charge on any atom is 0.360 e. The Morgan fingerprint density at radius 2 is 1.61 bits per heavy atom. The topological polar surface area (TPSA) is 110 Å². The molecule has 1 aromatic rings. The molecule has 0 amide bonds. The van der Waals surface area contributed by atoms with Crippen LogP contribution in [-0.4, -0.2) is 57.9 Å². The highest BCUT2D eigenvalue weighted by molar-refractivity contribution is 7.99. The Bertz CT molecular complexity index is 897. The van der Waals surface area contributed by atoms with Gasteiger partial charge < -0.3 is 28.5 Å². The van der Waals surface area contributed by atoms with Crippen LogP contribution < -0.4 is 14.2 Å². The lowest BCUT2D eigenvalue weighted by Gasteiger charge is -2.26. The quantitative estimate of drug-likeness (QED) is 0.493. The number of carbonyl (C=O) groups excluding carboxylic acids is 3. The first-order valence-corrected chi connectivity index (χ1v) is 8.61. The lowest BCUT2D eigenvalue weighted by atomic mass is 9.86. The fourth-order valence-electron chi connectivity index (χ4n) is 3.10. The molecule has 2 aliphatic heterocycles. The number of hydrogen-bond donors (Lipinski definition) is 0. The summed E-state index contributed by atoms with van der Waals surface area (Å²) in [5.74, 6) is -1.84. The number of nitrogens with zero attached hydrogens (tertiary/aromatic N) is 1. The Morgan fingerprint density at radius 1 is 0.964 bits per heavy atom. The van der Waals surface area contributed by atoms with E-state index in [2.05, 4.69) is 0 Å². The average molecular weight is 411 g/mol. The van der Waals surface area contributed by atoms with Crippen molar-refractivity contribution < 1.29 is 42.9 Å². The van der Waals surface area contributed by atoms with E-state index in [-0.39, 0.29) is 28.3 Å². The van der Waals surface area contributed by atoms with Crippen molar-refractivity contribution in [1.82, 2.24) is 4.47 Å². The molecule has 0 radical (unpaired) electrons. The molecule has 0 saturated carbocycles. The summed E-state index contributed by atoms with van der Waals surface area (Å²) < 4.78 is 24.8. The molecule has 1 atom stereocenters. The van der Waals surface area contributed by atoms with E-state index >= 15 is 0 Å². The minimum atomic E-state index is -1.75. The van der Waals surface area contributed by atoms with E-state index in [0.717, 1.165) is 30.6 Å². The third-order valence-electron chi connectivity index (χ3n) is 4.30. The molecule has 1 saturated heterocycles. The Morgan fingerprint density at radius 3 is 2.14 bits per heavy atom. The van der Waals surface area contributed by atoms with Gasteiger partial charge in [-0.15, -0.1) is 4.47 Å². The molecule has 11 heteroatoms. The van der Waals surface area contributed by atoms with Crippen LogP contribution in [0.15, 0.2) is 23.4 Å². The summed E-state index contributed by atoms with van der Waals surface area (Å²) >= 11 is 0.815. The van der Waals surface area contributed by atoms with E-state index in [1.54, 1.807) is 6.07 Å². The number of methoxy groups -OCH3 is 5. The van der Waals surface area contributed by atoms with Gasteiger partial charge in [0.25, 0.3) is 0 Å². The van der Waals surface area contributed by atoms with Crippen LogP contribution in [0.2, 0.25) is 0 Å². The molecule has 2 aliphatic rings. The van der Waals surface area contributed by atoms with E-state index in [1.807, 2.05) is 0 Å². The number of carbonyl (C=O) groups is 3. The predicted octanol–water partition coefficient (Wildman–Crippen LogP) is 0.943. The zero-order chi connectivity index (χ0) is 20.6. The van der Waals surface area contributed by atoms with Gasteiger partial charge in [-0.05, 0) is 12.1 Å². The van der Waals surface area contributed by atoms with Gasteiger partial charge in [0.15, 0.2) is 17.2 Å². The molecule has 28 heavy (non-hydrogen) atoms. The van der Waals surface area contributed by atoms with Crippen LogP contribution in [0.5, 0.6) is 17.2 Å². The second kappa shape index (κ2) is 7.15. The smallest absolute Gasteiger partial charge is 0.360 e. The molecule has 2 bridgehead atoms. The number of ether oxygens (including phenoxy) is 5. The van der Waals surface area contributed by atoms with Gasteiger partial charge in [-0.1, -0.05) is 0 Å². The van der Waals surface area contributed by atoms with E-state index in [0.29, 0.717) is 5.75 Å².